The van der Waals surface area contributed by atoms with Crippen molar-refractivity contribution >= 4 is 171 Å². The third kappa shape index (κ3) is 9.06. The summed E-state index contributed by atoms with van der Waals surface area (Å²) in [6, 6.07) is 109. The molecule has 0 radical (unpaired) electrons. The van der Waals surface area contributed by atoms with Crippen LogP contribution in [0.4, 0.5) is 0 Å². The lowest BCUT2D eigenvalue weighted by Crippen LogP contribution is -2.58. The minimum atomic E-state index is -0.00654. The van der Waals surface area contributed by atoms with Gasteiger partial charge in [-0.1, -0.05) is 182 Å². The third-order valence-electron chi connectivity index (χ3n) is 27.2. The average Bonchev–Trinajstić information content (AvgIpc) is 1.26. The molecule has 0 saturated heterocycles. The zero-order valence-corrected chi connectivity index (χ0v) is 64.8. The van der Waals surface area contributed by atoms with E-state index >= 15 is 0 Å². The molecular formula is C104H56B6O12. The highest BCUT2D eigenvalue weighted by molar-refractivity contribution is 7.02. The fourth-order valence-corrected chi connectivity index (χ4v) is 22.2. The Balaban J connectivity index is 0.0000000923. The van der Waals surface area contributed by atoms with E-state index in [-0.39, 0.29) is 40.3 Å². The molecule has 13 aliphatic rings. The van der Waals surface area contributed by atoms with Crippen molar-refractivity contribution in [2.75, 3.05) is 0 Å². The highest BCUT2D eigenvalue weighted by Gasteiger charge is 2.50. The Kier molecular flexibility index (Phi) is 13.1. The maximum absolute atomic E-state index is 6.94. The summed E-state index contributed by atoms with van der Waals surface area (Å²) in [5, 5.41) is 6.88. The van der Waals surface area contributed by atoms with Crippen molar-refractivity contribution in [1.29, 1.82) is 0 Å². The van der Waals surface area contributed by atoms with Crippen LogP contribution >= 0.6 is 0 Å². The van der Waals surface area contributed by atoms with E-state index < -0.39 is 0 Å². The first-order valence-electron chi connectivity index (χ1n) is 41.8. The lowest BCUT2D eigenvalue weighted by Gasteiger charge is -2.36. The molecule has 0 fully saturated rings. The predicted molar refractivity (Wildman–Crippen MR) is 485 cm³/mol. The number of hydrogen-bond acceptors (Lipinski definition) is 12. The van der Waals surface area contributed by atoms with Crippen LogP contribution in [0, 0.1) is 0 Å². The van der Waals surface area contributed by atoms with Crippen LogP contribution < -0.4 is 155 Å². The molecule has 0 N–H and O–H groups in total. The van der Waals surface area contributed by atoms with Crippen LogP contribution in [0.25, 0.3) is 32.3 Å². The van der Waals surface area contributed by atoms with Crippen molar-refractivity contribution in [3.63, 3.8) is 0 Å². The van der Waals surface area contributed by atoms with Gasteiger partial charge in [-0.05, 0) is 250 Å². The summed E-state index contributed by atoms with van der Waals surface area (Å²) >= 11 is 0. The largest absolute Gasteiger partial charge is 0.458 e. The average molecular weight is 1560 g/mol. The standard InChI is InChI=1S/C36H20B2O4.2C34H18B2O4/c1-3-9-25-21(7-1)37-23-17-19-15-16-20-18-24-36(32(31(19)20)35(23)41-29-13-5-11-27(39-25)33(29)37)42-30-14-6-12-28-34(30)38(24)22-8-2-4-10-26(22)40-28;1-3-9-25-21(7-1)35-23-15-19-16-24-32(18-20(19)17-31(23)39-29-13-5-11-27(37-25)33(29)35)40-30-14-6-12-28-34(30)36(24)22-8-2-4-10-26(22)38-28;1-3-9-24-21(7-1)35-23-17-19-15-16-30-32(20(19)18-31(23)40-27-12-5-11-26(37-24)33(27)35)36-22-8-2-4-10-25(22)38-28-13-6-14-29(39-30)34(28)36/h1-14,17-18H,15-16H2;2*1-18H. The maximum Gasteiger partial charge on any atom is 0.261 e. The maximum atomic E-state index is 6.94. The van der Waals surface area contributed by atoms with E-state index in [1.54, 1.807) is 0 Å². The lowest BCUT2D eigenvalue weighted by atomic mass is 9.33. The third-order valence-corrected chi connectivity index (χ3v) is 27.2. The molecule has 0 amide bonds. The van der Waals surface area contributed by atoms with Crippen LogP contribution in [0.1, 0.15) is 11.1 Å². The van der Waals surface area contributed by atoms with E-state index in [0.29, 0.717) is 0 Å². The van der Waals surface area contributed by atoms with Gasteiger partial charge in [-0.15, -0.1) is 0 Å². The Morgan fingerprint density at radius 2 is 0.402 bits per heavy atom. The summed E-state index contributed by atoms with van der Waals surface area (Å²) < 4.78 is 78.1. The van der Waals surface area contributed by atoms with Crippen molar-refractivity contribution in [2.45, 2.75) is 12.8 Å². The second-order valence-electron chi connectivity index (χ2n) is 33.4. The Labute approximate surface area is 700 Å². The first kappa shape index (κ1) is 65.7. The summed E-state index contributed by atoms with van der Waals surface area (Å²) in [5.74, 6) is 20.9. The molecule has 18 aromatic rings. The highest BCUT2D eigenvalue weighted by atomic mass is 16.5. The lowest BCUT2D eigenvalue weighted by molar-refractivity contribution is 0.459. The molecule has 18 aromatic carbocycles. The Morgan fingerprint density at radius 3 is 0.746 bits per heavy atom. The van der Waals surface area contributed by atoms with E-state index in [1.807, 2.05) is 146 Å². The molecule has 12 nitrogen and oxygen atoms in total. The molecule has 12 aliphatic heterocycles. The molecule has 0 bridgehead atoms. The summed E-state index contributed by atoms with van der Waals surface area (Å²) in [6.07, 6.45) is 2.01. The number of aryl methyl sites for hydroxylation is 2. The minimum absolute atomic E-state index is 0.00654. The van der Waals surface area contributed by atoms with Gasteiger partial charge in [-0.3, -0.25) is 0 Å². The number of hydrogen-bond donors (Lipinski definition) is 0. The fraction of sp³-hybridized carbons (Fsp3) is 0.0192. The Morgan fingerprint density at radius 1 is 0.156 bits per heavy atom. The predicted octanol–water partition coefficient (Wildman–Crippen LogP) is 13.0. The zero-order valence-electron chi connectivity index (χ0n) is 64.8. The number of ether oxygens (including phenoxy) is 12. The smallest absolute Gasteiger partial charge is 0.261 e. The van der Waals surface area contributed by atoms with Crippen molar-refractivity contribution in [3.8, 4) is 138 Å². The molecular weight excluding hydrogens is 1510 g/mol. The van der Waals surface area contributed by atoms with Gasteiger partial charge in [0.15, 0.2) is 0 Å². The van der Waals surface area contributed by atoms with E-state index in [4.69, 9.17) is 56.8 Å². The normalized spacial score (nSPS) is 14.5. The quantitative estimate of drug-likeness (QED) is 0.135. The monoisotopic (exact) mass is 1560 g/mol. The topological polar surface area (TPSA) is 111 Å². The number of fused-ring (bicyclic) bond motifs is 29. The van der Waals surface area contributed by atoms with E-state index in [2.05, 4.69) is 170 Å². The zero-order chi connectivity index (χ0) is 79.0. The van der Waals surface area contributed by atoms with Gasteiger partial charge in [0.05, 0.1) is 5.39 Å². The van der Waals surface area contributed by atoms with Gasteiger partial charge in [-0.25, -0.2) is 0 Å². The molecule has 0 saturated carbocycles. The fourth-order valence-electron chi connectivity index (χ4n) is 22.2. The van der Waals surface area contributed by atoms with Gasteiger partial charge in [-0.2, -0.15) is 0 Å². The molecule has 18 heteroatoms. The molecule has 0 aromatic heterocycles. The highest BCUT2D eigenvalue weighted by Crippen LogP contribution is 2.50. The Hall–Kier alpha value is -15.3. The molecule has 1 aliphatic carbocycles. The number of benzene rings is 18. The van der Waals surface area contributed by atoms with Gasteiger partial charge < -0.3 is 56.8 Å². The van der Waals surface area contributed by atoms with Gasteiger partial charge in [0.25, 0.3) is 40.3 Å². The molecule has 122 heavy (non-hydrogen) atoms. The SMILES string of the molecule is c1ccc2c(c1)Oc1cccc3c1B2c1cc2c4c(cc5c(c4c1O3)Oc1cccc3c1B5c1ccccc1O3)CC2.c1ccc2c(c1)Oc1cccc3c1B2c1cc2cc4c(cc2cc1O3)Oc1cccc2c1B4c1ccccc1O2.c1ccc2c(c1)Oc1cccc3c1B2c1cc2ccc4c(c2cc1O3)B1c2ccccc2Oc2cccc(c21)O4. The van der Waals surface area contributed by atoms with Crippen molar-refractivity contribution in [3.05, 3.63) is 327 Å². The first-order valence-corrected chi connectivity index (χ1v) is 41.8. The second kappa shape index (κ2) is 24.2. The van der Waals surface area contributed by atoms with Crippen LogP contribution in [0.15, 0.2) is 315 Å². The number of para-hydroxylation sites is 6. The molecule has 0 spiro atoms. The van der Waals surface area contributed by atoms with Crippen LogP contribution in [0.2, 0.25) is 0 Å². The van der Waals surface area contributed by atoms with E-state index in [0.717, 1.165) is 254 Å². The first-order chi connectivity index (χ1) is 60.4. The van der Waals surface area contributed by atoms with Gasteiger partial charge in [0, 0.05) is 32.8 Å². The molecule has 0 atom stereocenters. The van der Waals surface area contributed by atoms with E-state index in [9.17, 15) is 0 Å². The van der Waals surface area contributed by atoms with Crippen molar-refractivity contribution in [2.24, 2.45) is 0 Å². The van der Waals surface area contributed by atoms with E-state index in [1.165, 1.54) is 38.4 Å². The number of rotatable bonds is 0. The Bertz CT molecular complexity index is 7470. The van der Waals surface area contributed by atoms with Crippen LogP contribution in [-0.4, -0.2) is 40.3 Å². The van der Waals surface area contributed by atoms with Crippen LogP contribution in [0.5, 0.6) is 138 Å². The van der Waals surface area contributed by atoms with Crippen LogP contribution in [-0.2, 0) is 12.8 Å². The van der Waals surface area contributed by atoms with Gasteiger partial charge in [0.1, 0.15) is 138 Å². The molecule has 562 valence electrons. The van der Waals surface area contributed by atoms with Gasteiger partial charge in [0.2, 0.25) is 0 Å². The summed E-state index contributed by atoms with van der Waals surface area (Å²) in [4.78, 5) is 0. The van der Waals surface area contributed by atoms with Crippen molar-refractivity contribution in [1.82, 2.24) is 0 Å². The molecule has 12 heterocycles. The van der Waals surface area contributed by atoms with Gasteiger partial charge >= 0.3 is 0 Å². The van der Waals surface area contributed by atoms with Crippen LogP contribution in [0.3, 0.4) is 0 Å². The molecule has 0 unspecified atom stereocenters. The molecule has 31 rings (SSSR count). The summed E-state index contributed by atoms with van der Waals surface area (Å²) in [7, 11) is 0. The van der Waals surface area contributed by atoms with Crippen molar-refractivity contribution < 1.29 is 56.8 Å². The summed E-state index contributed by atoms with van der Waals surface area (Å²) in [5.41, 5.74) is 23.2. The summed E-state index contributed by atoms with van der Waals surface area (Å²) in [6.45, 7) is 0.148. The second-order valence-corrected chi connectivity index (χ2v) is 33.4. The minimum Gasteiger partial charge on any atom is -0.458 e.